The minimum atomic E-state index is -0.192. The van der Waals surface area contributed by atoms with Crippen LogP contribution in [0.4, 0.5) is 0 Å². The van der Waals surface area contributed by atoms with Crippen molar-refractivity contribution in [2.45, 2.75) is 44.4 Å². The number of thioether (sulfide) groups is 1. The molecule has 88 valence electrons. The number of hydrogen-bond acceptors (Lipinski definition) is 4. The van der Waals surface area contributed by atoms with Crippen LogP contribution in [0.15, 0.2) is 0 Å². The summed E-state index contributed by atoms with van der Waals surface area (Å²) >= 11 is 2.00. The largest absolute Gasteiger partial charge is 0.465 e. The number of carbonyl (C=O) groups is 1. The van der Waals surface area contributed by atoms with Gasteiger partial charge in [0.1, 0.15) is 6.04 Å². The second kappa shape index (κ2) is 5.75. The zero-order chi connectivity index (χ0) is 11.3. The van der Waals surface area contributed by atoms with Crippen molar-refractivity contribution in [3.8, 4) is 0 Å². The second-order valence-electron chi connectivity index (χ2n) is 4.26. The molecule has 2 atom stereocenters. The van der Waals surface area contributed by atoms with Crippen LogP contribution < -0.4 is 5.32 Å². The molecule has 0 bridgehead atoms. The minimum Gasteiger partial charge on any atom is -0.465 e. The number of rotatable bonds is 5. The van der Waals surface area contributed by atoms with Crippen LogP contribution >= 0.6 is 11.8 Å². The SMILES string of the molecule is CCOC(=O)C(C)NCC1(C)CCCS1. The van der Waals surface area contributed by atoms with E-state index in [-0.39, 0.29) is 12.0 Å². The van der Waals surface area contributed by atoms with Crippen molar-refractivity contribution in [2.24, 2.45) is 0 Å². The van der Waals surface area contributed by atoms with Crippen LogP contribution in [0.25, 0.3) is 0 Å². The van der Waals surface area contributed by atoms with E-state index in [1.165, 1.54) is 18.6 Å². The molecular weight excluding hydrogens is 210 g/mol. The van der Waals surface area contributed by atoms with Gasteiger partial charge in [0.05, 0.1) is 6.61 Å². The van der Waals surface area contributed by atoms with Gasteiger partial charge in [0.25, 0.3) is 0 Å². The van der Waals surface area contributed by atoms with Crippen LogP contribution in [0.3, 0.4) is 0 Å². The molecule has 0 radical (unpaired) electrons. The molecule has 1 aliphatic rings. The lowest BCUT2D eigenvalue weighted by Crippen LogP contribution is -2.42. The zero-order valence-electron chi connectivity index (χ0n) is 9.84. The van der Waals surface area contributed by atoms with E-state index in [2.05, 4.69) is 12.2 Å². The van der Waals surface area contributed by atoms with Gasteiger partial charge in [-0.15, -0.1) is 0 Å². The molecule has 3 nitrogen and oxygen atoms in total. The highest BCUT2D eigenvalue weighted by molar-refractivity contribution is 8.00. The maximum atomic E-state index is 11.4. The average molecular weight is 231 g/mol. The third-order valence-electron chi connectivity index (χ3n) is 2.72. The Labute approximate surface area is 96.3 Å². The second-order valence-corrected chi connectivity index (χ2v) is 5.94. The highest BCUT2D eigenvalue weighted by Crippen LogP contribution is 2.36. The van der Waals surface area contributed by atoms with E-state index in [4.69, 9.17) is 4.74 Å². The van der Waals surface area contributed by atoms with E-state index >= 15 is 0 Å². The quantitative estimate of drug-likeness (QED) is 0.732. The summed E-state index contributed by atoms with van der Waals surface area (Å²) in [5.41, 5.74) is 0. The van der Waals surface area contributed by atoms with Crippen molar-refractivity contribution in [1.29, 1.82) is 0 Å². The summed E-state index contributed by atoms with van der Waals surface area (Å²) in [6.45, 7) is 7.30. The normalized spacial score (nSPS) is 27.7. The maximum absolute atomic E-state index is 11.4. The number of carbonyl (C=O) groups excluding carboxylic acids is 1. The molecule has 1 fully saturated rings. The molecular formula is C11H21NO2S. The topological polar surface area (TPSA) is 38.3 Å². The summed E-state index contributed by atoms with van der Waals surface area (Å²) in [5.74, 6) is 1.09. The first-order valence-corrected chi connectivity index (χ1v) is 6.60. The molecule has 1 N–H and O–H groups in total. The predicted octanol–water partition coefficient (Wildman–Crippen LogP) is 1.81. The van der Waals surface area contributed by atoms with Crippen molar-refractivity contribution in [1.82, 2.24) is 5.32 Å². The average Bonchev–Trinajstić information content (AvgIpc) is 2.63. The van der Waals surface area contributed by atoms with Crippen molar-refractivity contribution >= 4 is 17.7 Å². The van der Waals surface area contributed by atoms with Crippen LogP contribution in [0.5, 0.6) is 0 Å². The molecule has 0 aromatic heterocycles. The van der Waals surface area contributed by atoms with Gasteiger partial charge < -0.3 is 10.1 Å². The lowest BCUT2D eigenvalue weighted by atomic mass is 10.1. The molecule has 1 heterocycles. The number of nitrogens with one attached hydrogen (secondary N) is 1. The van der Waals surface area contributed by atoms with Crippen LogP contribution in [-0.4, -0.2) is 35.7 Å². The Kier molecular flexibility index (Phi) is 4.93. The highest BCUT2D eigenvalue weighted by Gasteiger charge is 2.30. The molecule has 0 saturated carbocycles. The lowest BCUT2D eigenvalue weighted by Gasteiger charge is -2.24. The number of hydrogen-bond donors (Lipinski definition) is 1. The Balaban J connectivity index is 2.26. The lowest BCUT2D eigenvalue weighted by molar-refractivity contribution is -0.145. The Morgan fingerprint density at radius 3 is 2.93 bits per heavy atom. The van der Waals surface area contributed by atoms with E-state index in [0.29, 0.717) is 11.4 Å². The van der Waals surface area contributed by atoms with Gasteiger partial charge in [0.15, 0.2) is 0 Å². The van der Waals surface area contributed by atoms with Gasteiger partial charge in [-0.2, -0.15) is 11.8 Å². The molecule has 0 aromatic rings. The summed E-state index contributed by atoms with van der Waals surface area (Å²) in [4.78, 5) is 11.4. The van der Waals surface area contributed by atoms with Gasteiger partial charge in [0.2, 0.25) is 0 Å². The van der Waals surface area contributed by atoms with Gasteiger partial charge in [-0.3, -0.25) is 4.79 Å². The molecule has 1 aliphatic heterocycles. The summed E-state index contributed by atoms with van der Waals surface area (Å²) in [6, 6.07) is -0.192. The van der Waals surface area contributed by atoms with Crippen molar-refractivity contribution < 1.29 is 9.53 Å². The van der Waals surface area contributed by atoms with E-state index in [0.717, 1.165) is 6.54 Å². The van der Waals surface area contributed by atoms with E-state index in [1.807, 2.05) is 25.6 Å². The van der Waals surface area contributed by atoms with Gasteiger partial charge >= 0.3 is 5.97 Å². The Morgan fingerprint density at radius 2 is 2.40 bits per heavy atom. The standard InChI is InChI=1S/C11H21NO2S/c1-4-14-10(13)9(2)12-8-11(3)6-5-7-15-11/h9,12H,4-8H2,1-3H3. The van der Waals surface area contributed by atoms with E-state index < -0.39 is 0 Å². The van der Waals surface area contributed by atoms with Gasteiger partial charge in [0, 0.05) is 11.3 Å². The van der Waals surface area contributed by atoms with Crippen LogP contribution in [0, 0.1) is 0 Å². The maximum Gasteiger partial charge on any atom is 0.322 e. The Morgan fingerprint density at radius 1 is 1.67 bits per heavy atom. The molecule has 15 heavy (non-hydrogen) atoms. The van der Waals surface area contributed by atoms with Crippen molar-refractivity contribution in [3.05, 3.63) is 0 Å². The number of esters is 1. The van der Waals surface area contributed by atoms with E-state index in [9.17, 15) is 4.79 Å². The van der Waals surface area contributed by atoms with Crippen molar-refractivity contribution in [2.75, 3.05) is 18.9 Å². The van der Waals surface area contributed by atoms with Crippen LogP contribution in [0.2, 0.25) is 0 Å². The molecule has 2 unspecified atom stereocenters. The van der Waals surface area contributed by atoms with Gasteiger partial charge in [-0.1, -0.05) is 0 Å². The Hall–Kier alpha value is -0.220. The smallest absolute Gasteiger partial charge is 0.322 e. The fourth-order valence-corrected chi connectivity index (χ4v) is 2.95. The zero-order valence-corrected chi connectivity index (χ0v) is 10.7. The Bertz CT molecular complexity index is 215. The first kappa shape index (κ1) is 12.8. The van der Waals surface area contributed by atoms with Gasteiger partial charge in [-0.25, -0.2) is 0 Å². The van der Waals surface area contributed by atoms with Crippen molar-refractivity contribution in [3.63, 3.8) is 0 Å². The fourth-order valence-electron chi connectivity index (χ4n) is 1.70. The monoisotopic (exact) mass is 231 g/mol. The summed E-state index contributed by atoms with van der Waals surface area (Å²) < 4.78 is 5.25. The van der Waals surface area contributed by atoms with E-state index in [1.54, 1.807) is 0 Å². The minimum absolute atomic E-state index is 0.149. The molecule has 0 aliphatic carbocycles. The summed E-state index contributed by atoms with van der Waals surface area (Å²) in [6.07, 6.45) is 2.52. The molecule has 4 heteroatoms. The van der Waals surface area contributed by atoms with Crippen LogP contribution in [-0.2, 0) is 9.53 Å². The highest BCUT2D eigenvalue weighted by atomic mass is 32.2. The molecule has 0 spiro atoms. The molecule has 1 rings (SSSR count). The first-order chi connectivity index (χ1) is 7.07. The molecule has 1 saturated heterocycles. The molecule has 0 aromatic carbocycles. The van der Waals surface area contributed by atoms with Crippen LogP contribution in [0.1, 0.15) is 33.6 Å². The predicted molar refractivity (Wildman–Crippen MR) is 64.2 cm³/mol. The summed E-state index contributed by atoms with van der Waals surface area (Å²) in [5, 5.41) is 3.25. The summed E-state index contributed by atoms with van der Waals surface area (Å²) in [7, 11) is 0. The number of ether oxygens (including phenoxy) is 1. The van der Waals surface area contributed by atoms with Gasteiger partial charge in [-0.05, 0) is 39.4 Å². The third kappa shape index (κ3) is 4.03. The molecule has 0 amide bonds. The first-order valence-electron chi connectivity index (χ1n) is 5.61. The third-order valence-corrected chi connectivity index (χ3v) is 4.26. The fraction of sp³-hybridized carbons (Fsp3) is 0.909.